The van der Waals surface area contributed by atoms with Gasteiger partial charge in [-0.15, -0.1) is 0 Å². The number of rotatable bonds is 5. The van der Waals surface area contributed by atoms with E-state index in [0.717, 1.165) is 12.8 Å². The van der Waals surface area contributed by atoms with E-state index in [1.165, 1.54) is 40.5 Å². The summed E-state index contributed by atoms with van der Waals surface area (Å²) in [4.78, 5) is 4.25. The van der Waals surface area contributed by atoms with Crippen LogP contribution in [0.15, 0.2) is 71.1 Å². The van der Waals surface area contributed by atoms with Gasteiger partial charge in [-0.1, -0.05) is 37.4 Å². The maximum atomic E-state index is 9.20. The largest absolute Gasteiger partial charge is 0.508 e. The standard InChI is InChI=1S/C20H23NO/c1-14-8-5-6-9-18(14)20-11-7-10-19(20)16(3)13-21-12-15(2)17(4)22/h5-6,8-9,12-13,22H,2,4,7,10-11H2,1,3H3/b16-13+,21-12?. The quantitative estimate of drug-likeness (QED) is 0.432. The first-order valence-corrected chi connectivity index (χ1v) is 7.56. The van der Waals surface area contributed by atoms with Gasteiger partial charge in [0, 0.05) is 18.0 Å². The highest BCUT2D eigenvalue weighted by Crippen LogP contribution is 2.38. The van der Waals surface area contributed by atoms with Gasteiger partial charge in [-0.25, -0.2) is 0 Å². The van der Waals surface area contributed by atoms with Gasteiger partial charge in [0.2, 0.25) is 0 Å². The molecule has 0 atom stereocenters. The predicted molar refractivity (Wildman–Crippen MR) is 95.1 cm³/mol. The Labute approximate surface area is 132 Å². The lowest BCUT2D eigenvalue weighted by Crippen LogP contribution is -1.90. The molecule has 1 N–H and O–H groups in total. The van der Waals surface area contributed by atoms with E-state index < -0.39 is 0 Å². The summed E-state index contributed by atoms with van der Waals surface area (Å²) in [5.74, 6) is -0.0458. The second-order valence-corrected chi connectivity index (χ2v) is 5.69. The zero-order chi connectivity index (χ0) is 16.1. The summed E-state index contributed by atoms with van der Waals surface area (Å²) < 4.78 is 0. The Morgan fingerprint density at radius 2 is 1.95 bits per heavy atom. The van der Waals surface area contributed by atoms with Crippen molar-refractivity contribution in [2.24, 2.45) is 4.99 Å². The van der Waals surface area contributed by atoms with Crippen LogP contribution < -0.4 is 0 Å². The molecule has 1 aliphatic rings. The number of allylic oxidation sites excluding steroid dienone is 4. The molecule has 2 nitrogen and oxygen atoms in total. The molecule has 0 heterocycles. The van der Waals surface area contributed by atoms with Crippen molar-refractivity contribution in [2.45, 2.75) is 33.1 Å². The molecule has 2 heteroatoms. The fourth-order valence-corrected chi connectivity index (χ4v) is 2.78. The van der Waals surface area contributed by atoms with Crippen molar-refractivity contribution in [3.63, 3.8) is 0 Å². The molecule has 1 aromatic carbocycles. The van der Waals surface area contributed by atoms with Gasteiger partial charge in [0.05, 0.1) is 0 Å². The minimum Gasteiger partial charge on any atom is -0.508 e. The topological polar surface area (TPSA) is 32.6 Å². The third kappa shape index (κ3) is 3.64. The lowest BCUT2D eigenvalue weighted by molar-refractivity contribution is 0.432. The predicted octanol–water partition coefficient (Wildman–Crippen LogP) is 5.54. The van der Waals surface area contributed by atoms with E-state index in [2.05, 4.69) is 56.3 Å². The maximum absolute atomic E-state index is 9.20. The van der Waals surface area contributed by atoms with Gasteiger partial charge in [-0.05, 0) is 61.0 Å². The molecule has 0 saturated carbocycles. The van der Waals surface area contributed by atoms with E-state index in [4.69, 9.17) is 0 Å². The van der Waals surface area contributed by atoms with Crippen LogP contribution >= 0.6 is 0 Å². The Hall–Kier alpha value is -2.35. The molecule has 0 saturated heterocycles. The lowest BCUT2D eigenvalue weighted by atomic mass is 9.95. The fraction of sp³-hybridized carbons (Fsp3) is 0.250. The summed E-state index contributed by atoms with van der Waals surface area (Å²) in [6.07, 6.45) is 6.78. The molecule has 114 valence electrons. The maximum Gasteiger partial charge on any atom is 0.116 e. The van der Waals surface area contributed by atoms with Crippen molar-refractivity contribution < 1.29 is 5.11 Å². The molecule has 1 aliphatic carbocycles. The first-order valence-electron chi connectivity index (χ1n) is 7.56. The number of aliphatic hydroxyl groups is 1. The van der Waals surface area contributed by atoms with Gasteiger partial charge in [0.1, 0.15) is 5.76 Å². The van der Waals surface area contributed by atoms with Crippen molar-refractivity contribution in [1.29, 1.82) is 0 Å². The van der Waals surface area contributed by atoms with Crippen LogP contribution in [0.5, 0.6) is 0 Å². The molecule has 0 bridgehead atoms. The molecule has 0 aromatic heterocycles. The third-order valence-corrected chi connectivity index (χ3v) is 4.03. The molecule has 0 radical (unpaired) electrons. The van der Waals surface area contributed by atoms with Gasteiger partial charge >= 0.3 is 0 Å². The van der Waals surface area contributed by atoms with E-state index in [-0.39, 0.29) is 5.76 Å². The molecular weight excluding hydrogens is 270 g/mol. The number of aliphatic hydroxyl groups excluding tert-OH is 1. The Bertz CT molecular complexity index is 689. The Morgan fingerprint density at radius 3 is 2.64 bits per heavy atom. The van der Waals surface area contributed by atoms with Crippen LogP contribution in [0.3, 0.4) is 0 Å². The average Bonchev–Trinajstić information content (AvgIpc) is 2.96. The average molecular weight is 293 g/mol. The Balaban J connectivity index is 2.29. The molecule has 0 unspecified atom stereocenters. The summed E-state index contributed by atoms with van der Waals surface area (Å²) in [5.41, 5.74) is 7.09. The molecule has 0 amide bonds. The summed E-state index contributed by atoms with van der Waals surface area (Å²) in [5, 5.41) is 9.20. The number of benzene rings is 1. The van der Waals surface area contributed by atoms with Gasteiger partial charge < -0.3 is 5.11 Å². The second kappa shape index (κ2) is 7.08. The van der Waals surface area contributed by atoms with Crippen LogP contribution in [-0.4, -0.2) is 11.3 Å². The van der Waals surface area contributed by atoms with Crippen molar-refractivity contribution >= 4 is 11.8 Å². The van der Waals surface area contributed by atoms with Gasteiger partial charge in [-0.3, -0.25) is 4.99 Å². The highest BCUT2D eigenvalue weighted by atomic mass is 16.3. The number of nitrogens with zero attached hydrogens (tertiary/aromatic N) is 1. The first kappa shape index (κ1) is 16.0. The molecule has 2 rings (SSSR count). The van der Waals surface area contributed by atoms with Crippen LogP contribution in [0.4, 0.5) is 0 Å². The van der Waals surface area contributed by atoms with E-state index >= 15 is 0 Å². The number of hydrogen-bond donors (Lipinski definition) is 1. The SMILES string of the molecule is C=C(O)C(=C)C=N/C=C(\C)C1=C(c2ccccc2C)CCC1. The zero-order valence-corrected chi connectivity index (χ0v) is 13.4. The van der Waals surface area contributed by atoms with Gasteiger partial charge in [0.15, 0.2) is 0 Å². The second-order valence-electron chi connectivity index (χ2n) is 5.69. The van der Waals surface area contributed by atoms with E-state index in [9.17, 15) is 5.11 Å². The van der Waals surface area contributed by atoms with Crippen LogP contribution in [0.2, 0.25) is 0 Å². The number of aliphatic imine (C=N–C) groups is 1. The summed E-state index contributed by atoms with van der Waals surface area (Å²) in [6, 6.07) is 8.53. The molecule has 1 aromatic rings. The van der Waals surface area contributed by atoms with Crippen LogP contribution in [-0.2, 0) is 0 Å². The summed E-state index contributed by atoms with van der Waals surface area (Å²) in [6.45, 7) is 11.4. The Kier molecular flexibility index (Phi) is 5.16. The lowest BCUT2D eigenvalue weighted by Gasteiger charge is -2.10. The van der Waals surface area contributed by atoms with Gasteiger partial charge in [-0.2, -0.15) is 0 Å². The fourth-order valence-electron chi connectivity index (χ4n) is 2.78. The Morgan fingerprint density at radius 1 is 1.23 bits per heavy atom. The molecular formula is C20H23NO. The van der Waals surface area contributed by atoms with Crippen molar-refractivity contribution in [3.8, 4) is 0 Å². The highest BCUT2D eigenvalue weighted by molar-refractivity contribution is 5.83. The molecule has 0 spiro atoms. The number of hydrogen-bond acceptors (Lipinski definition) is 2. The van der Waals surface area contributed by atoms with E-state index in [0.29, 0.717) is 5.57 Å². The highest BCUT2D eigenvalue weighted by Gasteiger charge is 2.18. The monoisotopic (exact) mass is 293 g/mol. The van der Waals surface area contributed by atoms with Gasteiger partial charge in [0.25, 0.3) is 0 Å². The summed E-state index contributed by atoms with van der Waals surface area (Å²) in [7, 11) is 0. The minimum absolute atomic E-state index is 0.0458. The third-order valence-electron chi connectivity index (χ3n) is 4.03. The summed E-state index contributed by atoms with van der Waals surface area (Å²) >= 11 is 0. The molecule has 0 aliphatic heterocycles. The molecule has 22 heavy (non-hydrogen) atoms. The van der Waals surface area contributed by atoms with Crippen molar-refractivity contribution in [2.75, 3.05) is 0 Å². The smallest absolute Gasteiger partial charge is 0.116 e. The van der Waals surface area contributed by atoms with E-state index in [1.54, 1.807) is 0 Å². The number of aryl methyl sites for hydroxylation is 1. The minimum atomic E-state index is -0.0458. The first-order chi connectivity index (χ1) is 10.5. The van der Waals surface area contributed by atoms with E-state index in [1.807, 2.05) is 6.20 Å². The van der Waals surface area contributed by atoms with Crippen molar-refractivity contribution in [1.82, 2.24) is 0 Å². The van der Waals surface area contributed by atoms with Crippen LogP contribution in [0, 0.1) is 6.92 Å². The van der Waals surface area contributed by atoms with Crippen LogP contribution in [0.1, 0.15) is 37.3 Å². The van der Waals surface area contributed by atoms with Crippen molar-refractivity contribution in [3.05, 3.63) is 77.2 Å². The normalized spacial score (nSPS) is 15.6. The zero-order valence-electron chi connectivity index (χ0n) is 13.4. The molecule has 0 fully saturated rings. The van der Waals surface area contributed by atoms with Crippen LogP contribution in [0.25, 0.3) is 5.57 Å².